The van der Waals surface area contributed by atoms with Gasteiger partial charge in [0, 0.05) is 11.0 Å². The van der Waals surface area contributed by atoms with Gasteiger partial charge in [0.25, 0.3) is 5.91 Å². The summed E-state index contributed by atoms with van der Waals surface area (Å²) in [5.41, 5.74) is 6.01. The maximum Gasteiger partial charge on any atom is 0.255 e. The third-order valence-corrected chi connectivity index (χ3v) is 2.91. The van der Waals surface area contributed by atoms with Gasteiger partial charge in [-0.05, 0) is 30.7 Å². The number of hydrogen-bond donors (Lipinski definition) is 2. The first kappa shape index (κ1) is 14.0. The second-order valence-corrected chi connectivity index (χ2v) is 4.81. The number of nitrogens with two attached hydrogens (primary N) is 1. The summed E-state index contributed by atoms with van der Waals surface area (Å²) in [6.45, 7) is 3.10. The topological polar surface area (TPSA) is 64.3 Å². The normalized spacial score (nSPS) is 12.0. The molecule has 1 aromatic carbocycles. The van der Waals surface area contributed by atoms with Crippen molar-refractivity contribution in [3.05, 3.63) is 28.2 Å². The van der Waals surface area contributed by atoms with Crippen molar-refractivity contribution < 1.29 is 9.53 Å². The van der Waals surface area contributed by atoms with Crippen LogP contribution in [0.3, 0.4) is 0 Å². The van der Waals surface area contributed by atoms with Crippen LogP contribution in [0.2, 0.25) is 0 Å². The monoisotopic (exact) mass is 300 g/mol. The van der Waals surface area contributed by atoms with Crippen LogP contribution in [-0.2, 0) is 0 Å². The van der Waals surface area contributed by atoms with Crippen LogP contribution in [0.1, 0.15) is 17.3 Å². The Morgan fingerprint density at radius 2 is 2.29 bits per heavy atom. The molecule has 1 amide bonds. The molecule has 1 aromatic rings. The Hall–Kier alpha value is -1.07. The Bertz CT molecular complexity index is 396. The Balaban J connectivity index is 2.77. The number of rotatable bonds is 5. The van der Waals surface area contributed by atoms with Crippen LogP contribution in [0.15, 0.2) is 22.7 Å². The molecule has 0 spiro atoms. The maximum absolute atomic E-state index is 11.9. The Kier molecular flexibility index (Phi) is 5.44. The van der Waals surface area contributed by atoms with Crippen LogP contribution >= 0.6 is 15.9 Å². The number of amides is 1. The highest BCUT2D eigenvalue weighted by molar-refractivity contribution is 9.10. The molecular formula is C12H17BrN2O2. The van der Waals surface area contributed by atoms with E-state index in [-0.39, 0.29) is 11.8 Å². The van der Waals surface area contributed by atoms with Gasteiger partial charge in [-0.15, -0.1) is 0 Å². The molecule has 4 nitrogen and oxygen atoms in total. The lowest BCUT2D eigenvalue weighted by molar-refractivity contribution is 0.0945. The minimum absolute atomic E-state index is 0.150. The lowest BCUT2D eigenvalue weighted by atomic mass is 10.1. The molecule has 0 aliphatic rings. The fraction of sp³-hybridized carbons (Fsp3) is 0.417. The molecule has 0 aliphatic carbocycles. The third kappa shape index (κ3) is 4.02. The summed E-state index contributed by atoms with van der Waals surface area (Å²) in [6.07, 6.45) is 0. The molecule has 0 fully saturated rings. The first-order chi connectivity index (χ1) is 8.08. The summed E-state index contributed by atoms with van der Waals surface area (Å²) in [5.74, 6) is 0.673. The number of ether oxygens (including phenoxy) is 1. The van der Waals surface area contributed by atoms with Crippen molar-refractivity contribution in [1.29, 1.82) is 0 Å². The van der Waals surface area contributed by atoms with Gasteiger partial charge in [-0.2, -0.15) is 0 Å². The number of benzene rings is 1. The number of nitrogens with one attached hydrogen (secondary N) is 1. The molecule has 1 rings (SSSR count). The van der Waals surface area contributed by atoms with Crippen LogP contribution in [0.5, 0.6) is 5.75 Å². The van der Waals surface area contributed by atoms with E-state index < -0.39 is 0 Å². The zero-order valence-electron chi connectivity index (χ0n) is 10.00. The van der Waals surface area contributed by atoms with Crippen molar-refractivity contribution >= 4 is 21.8 Å². The standard InChI is InChI=1S/C12H17BrN2O2/c1-8(6-14)7-15-12(16)10-5-9(13)3-4-11(10)17-2/h3-5,8H,6-7,14H2,1-2H3,(H,15,16). The lowest BCUT2D eigenvalue weighted by Gasteiger charge is -2.12. The first-order valence-corrected chi connectivity index (χ1v) is 6.19. The zero-order valence-corrected chi connectivity index (χ0v) is 11.6. The number of halogens is 1. The molecule has 1 atom stereocenters. The van der Waals surface area contributed by atoms with Gasteiger partial charge >= 0.3 is 0 Å². The molecule has 5 heteroatoms. The smallest absolute Gasteiger partial charge is 0.255 e. The van der Waals surface area contributed by atoms with E-state index in [4.69, 9.17) is 10.5 Å². The van der Waals surface area contributed by atoms with Gasteiger partial charge in [0.1, 0.15) is 5.75 Å². The average molecular weight is 301 g/mol. The summed E-state index contributed by atoms with van der Waals surface area (Å²) in [4.78, 5) is 11.9. The Labute approximate surface area is 110 Å². The van der Waals surface area contributed by atoms with Gasteiger partial charge in [-0.1, -0.05) is 22.9 Å². The Morgan fingerprint density at radius 3 is 2.88 bits per heavy atom. The fourth-order valence-corrected chi connectivity index (χ4v) is 1.66. The average Bonchev–Trinajstić information content (AvgIpc) is 2.35. The largest absolute Gasteiger partial charge is 0.496 e. The molecule has 0 saturated heterocycles. The minimum Gasteiger partial charge on any atom is -0.496 e. The summed E-state index contributed by atoms with van der Waals surface area (Å²) in [6, 6.07) is 5.32. The van der Waals surface area contributed by atoms with E-state index in [9.17, 15) is 4.79 Å². The van der Waals surface area contributed by atoms with E-state index >= 15 is 0 Å². The van der Waals surface area contributed by atoms with Crippen molar-refractivity contribution in [2.75, 3.05) is 20.2 Å². The highest BCUT2D eigenvalue weighted by Gasteiger charge is 2.13. The third-order valence-electron chi connectivity index (χ3n) is 2.42. The van der Waals surface area contributed by atoms with E-state index in [2.05, 4.69) is 21.2 Å². The van der Waals surface area contributed by atoms with Crippen LogP contribution in [0, 0.1) is 5.92 Å². The van der Waals surface area contributed by atoms with E-state index in [1.165, 1.54) is 0 Å². The lowest BCUT2D eigenvalue weighted by Crippen LogP contribution is -2.31. The van der Waals surface area contributed by atoms with Crippen LogP contribution < -0.4 is 15.8 Å². The van der Waals surface area contributed by atoms with Crippen molar-refractivity contribution in [3.63, 3.8) is 0 Å². The molecule has 94 valence electrons. The van der Waals surface area contributed by atoms with E-state index in [0.717, 1.165) is 4.47 Å². The highest BCUT2D eigenvalue weighted by atomic mass is 79.9. The zero-order chi connectivity index (χ0) is 12.8. The number of hydrogen-bond acceptors (Lipinski definition) is 3. The number of carbonyl (C=O) groups excluding carboxylic acids is 1. The highest BCUT2D eigenvalue weighted by Crippen LogP contribution is 2.22. The summed E-state index contributed by atoms with van der Waals surface area (Å²) in [5, 5.41) is 2.83. The van der Waals surface area contributed by atoms with Gasteiger partial charge in [-0.25, -0.2) is 0 Å². The molecule has 0 aromatic heterocycles. The summed E-state index contributed by atoms with van der Waals surface area (Å²) in [7, 11) is 1.54. The van der Waals surface area contributed by atoms with Crippen molar-refractivity contribution in [2.24, 2.45) is 11.7 Å². The van der Waals surface area contributed by atoms with Gasteiger partial charge < -0.3 is 15.8 Å². The summed E-state index contributed by atoms with van der Waals surface area (Å²) < 4.78 is 5.99. The summed E-state index contributed by atoms with van der Waals surface area (Å²) >= 11 is 3.33. The SMILES string of the molecule is COc1ccc(Br)cc1C(=O)NCC(C)CN. The second-order valence-electron chi connectivity index (χ2n) is 3.90. The molecule has 17 heavy (non-hydrogen) atoms. The molecule has 1 unspecified atom stereocenters. The van der Waals surface area contributed by atoms with Gasteiger partial charge in [0.05, 0.1) is 12.7 Å². The van der Waals surface area contributed by atoms with Crippen molar-refractivity contribution in [2.45, 2.75) is 6.92 Å². The second kappa shape index (κ2) is 6.61. The van der Waals surface area contributed by atoms with Crippen LogP contribution in [0.25, 0.3) is 0 Å². The molecule has 0 bridgehead atoms. The molecule has 3 N–H and O–H groups in total. The van der Waals surface area contributed by atoms with Gasteiger partial charge in [0.2, 0.25) is 0 Å². The molecule has 0 aliphatic heterocycles. The number of carbonyl (C=O) groups is 1. The Morgan fingerprint density at radius 1 is 1.59 bits per heavy atom. The van der Waals surface area contributed by atoms with E-state index in [1.54, 1.807) is 19.2 Å². The molecule has 0 saturated carbocycles. The van der Waals surface area contributed by atoms with E-state index in [0.29, 0.717) is 24.4 Å². The van der Waals surface area contributed by atoms with Gasteiger partial charge in [0.15, 0.2) is 0 Å². The fourth-order valence-electron chi connectivity index (χ4n) is 1.30. The van der Waals surface area contributed by atoms with Crippen molar-refractivity contribution in [1.82, 2.24) is 5.32 Å². The molecule has 0 radical (unpaired) electrons. The number of methoxy groups -OCH3 is 1. The maximum atomic E-state index is 11.9. The predicted octanol–water partition coefficient (Wildman–Crippen LogP) is 1.78. The van der Waals surface area contributed by atoms with Crippen molar-refractivity contribution in [3.8, 4) is 5.75 Å². The molecular weight excluding hydrogens is 284 g/mol. The first-order valence-electron chi connectivity index (χ1n) is 5.40. The van der Waals surface area contributed by atoms with Crippen LogP contribution in [0.4, 0.5) is 0 Å². The molecule has 0 heterocycles. The van der Waals surface area contributed by atoms with E-state index in [1.807, 2.05) is 13.0 Å². The minimum atomic E-state index is -0.150. The predicted molar refractivity (Wildman–Crippen MR) is 71.2 cm³/mol. The van der Waals surface area contributed by atoms with Crippen LogP contribution in [-0.4, -0.2) is 26.1 Å². The van der Waals surface area contributed by atoms with Gasteiger partial charge in [-0.3, -0.25) is 4.79 Å². The quantitative estimate of drug-likeness (QED) is 0.871.